The summed E-state index contributed by atoms with van der Waals surface area (Å²) in [6.07, 6.45) is -10.7. The van der Waals surface area contributed by atoms with Crippen molar-refractivity contribution in [3.8, 4) is 11.5 Å². The van der Waals surface area contributed by atoms with Crippen molar-refractivity contribution in [3.05, 3.63) is 47.5 Å². The Morgan fingerprint density at radius 1 is 0.679 bits per heavy atom. The maximum absolute atomic E-state index is 13.8. The molecule has 0 aliphatic carbocycles. The average Bonchev–Trinajstić information content (AvgIpc) is 2.59. The molecule has 0 unspecified atom stereocenters. The second-order valence-electron chi connectivity index (χ2n) is 5.71. The molecule has 2 aromatic carbocycles. The van der Waals surface area contributed by atoms with Gasteiger partial charge in [-0.15, -0.1) is 0 Å². The normalized spacial score (nSPS) is 13.1. The summed E-state index contributed by atoms with van der Waals surface area (Å²) in [7, 11) is 2.61. The Labute approximate surface area is 156 Å². The number of anilines is 2. The zero-order chi connectivity index (χ0) is 21.3. The second-order valence-corrected chi connectivity index (χ2v) is 5.71. The minimum absolute atomic E-state index is 0.164. The second kappa shape index (κ2) is 7.53. The third kappa shape index (κ3) is 4.26. The summed E-state index contributed by atoms with van der Waals surface area (Å²) in [6, 6.07) is 4.81. The Morgan fingerprint density at radius 3 is 1.25 bits per heavy atom. The highest BCUT2D eigenvalue weighted by Crippen LogP contribution is 2.48. The summed E-state index contributed by atoms with van der Waals surface area (Å²) in [5, 5.41) is 24.1. The summed E-state index contributed by atoms with van der Waals surface area (Å²) in [5.41, 5.74) is -5.71. The van der Waals surface area contributed by atoms with Gasteiger partial charge in [0.05, 0.1) is 22.5 Å². The summed E-state index contributed by atoms with van der Waals surface area (Å²) in [5.74, 6) is -0.827. The van der Waals surface area contributed by atoms with Crippen LogP contribution in [0, 0.1) is 0 Å². The van der Waals surface area contributed by atoms with Crippen molar-refractivity contribution in [1.29, 1.82) is 0 Å². The molecule has 0 saturated carbocycles. The van der Waals surface area contributed by atoms with E-state index in [1.807, 2.05) is 0 Å². The minimum atomic E-state index is -5.36. The molecule has 0 aromatic heterocycles. The van der Waals surface area contributed by atoms with Gasteiger partial charge in [-0.1, -0.05) is 12.1 Å². The Kier molecular flexibility index (Phi) is 5.72. The number of benzene rings is 2. The lowest BCUT2D eigenvalue weighted by atomic mass is 9.92. The topological polar surface area (TPSA) is 64.5 Å². The molecule has 0 atom stereocenters. The third-order valence-corrected chi connectivity index (χ3v) is 3.93. The molecule has 0 spiro atoms. The standard InChI is InChI=1S/C18H16F6N2O2/c1-25-11-7-9(3-5-13(11)27)15(17(19,20)21)16(18(22,23)24)10-4-6-14(28)12(8-10)26-2/h3-8,25-28H,1-2H3/b16-15+. The Balaban J connectivity index is 2.93. The molecule has 28 heavy (non-hydrogen) atoms. The molecular weight excluding hydrogens is 390 g/mol. The third-order valence-electron chi connectivity index (χ3n) is 3.93. The fourth-order valence-corrected chi connectivity index (χ4v) is 2.68. The largest absolute Gasteiger partial charge is 0.506 e. The van der Waals surface area contributed by atoms with E-state index >= 15 is 0 Å². The van der Waals surface area contributed by atoms with Crippen molar-refractivity contribution < 1.29 is 36.6 Å². The summed E-state index contributed by atoms with van der Waals surface area (Å²) < 4.78 is 82.6. The molecule has 10 heteroatoms. The van der Waals surface area contributed by atoms with E-state index < -0.39 is 46.1 Å². The fraction of sp³-hybridized carbons (Fsp3) is 0.222. The van der Waals surface area contributed by atoms with Crippen LogP contribution in [-0.4, -0.2) is 36.7 Å². The molecule has 2 aromatic rings. The highest BCUT2D eigenvalue weighted by atomic mass is 19.4. The monoisotopic (exact) mass is 406 g/mol. The van der Waals surface area contributed by atoms with Gasteiger partial charge in [0.25, 0.3) is 0 Å². The Hall–Kier alpha value is -3.04. The van der Waals surface area contributed by atoms with Crippen LogP contribution in [-0.2, 0) is 0 Å². The number of nitrogens with one attached hydrogen (secondary N) is 2. The lowest BCUT2D eigenvalue weighted by molar-refractivity contribution is -0.0828. The lowest BCUT2D eigenvalue weighted by Crippen LogP contribution is -2.21. The Morgan fingerprint density at radius 2 is 1.00 bits per heavy atom. The van der Waals surface area contributed by atoms with E-state index in [-0.39, 0.29) is 11.4 Å². The van der Waals surface area contributed by atoms with Gasteiger partial charge in [0.2, 0.25) is 0 Å². The van der Waals surface area contributed by atoms with Gasteiger partial charge in [-0.2, -0.15) is 26.3 Å². The highest BCUT2D eigenvalue weighted by molar-refractivity contribution is 5.96. The minimum Gasteiger partial charge on any atom is -0.506 e. The first-order chi connectivity index (χ1) is 12.9. The first kappa shape index (κ1) is 21.3. The van der Waals surface area contributed by atoms with Crippen LogP contribution in [0.2, 0.25) is 0 Å². The lowest BCUT2D eigenvalue weighted by Gasteiger charge is -2.22. The van der Waals surface area contributed by atoms with E-state index in [0.29, 0.717) is 0 Å². The first-order valence-corrected chi connectivity index (χ1v) is 7.81. The fourth-order valence-electron chi connectivity index (χ4n) is 2.68. The van der Waals surface area contributed by atoms with Crippen LogP contribution in [0.25, 0.3) is 11.1 Å². The van der Waals surface area contributed by atoms with Gasteiger partial charge in [-0.05, 0) is 35.4 Å². The smallest absolute Gasteiger partial charge is 0.417 e. The van der Waals surface area contributed by atoms with E-state index in [1.165, 1.54) is 14.1 Å². The molecule has 4 nitrogen and oxygen atoms in total. The molecule has 0 aliphatic heterocycles. The average molecular weight is 406 g/mol. The van der Waals surface area contributed by atoms with Crippen molar-refractivity contribution in [2.45, 2.75) is 12.4 Å². The number of alkyl halides is 6. The molecule has 0 amide bonds. The zero-order valence-electron chi connectivity index (χ0n) is 14.6. The number of phenolic OH excluding ortho intramolecular Hbond substituents is 2. The molecule has 0 radical (unpaired) electrons. The van der Waals surface area contributed by atoms with E-state index in [0.717, 1.165) is 36.4 Å². The maximum Gasteiger partial charge on any atom is 0.417 e. The van der Waals surface area contributed by atoms with E-state index in [9.17, 15) is 36.6 Å². The van der Waals surface area contributed by atoms with Crippen molar-refractivity contribution in [2.75, 3.05) is 24.7 Å². The number of aromatic hydroxyl groups is 2. The van der Waals surface area contributed by atoms with Gasteiger partial charge in [-0.25, -0.2) is 0 Å². The molecule has 0 bridgehead atoms. The van der Waals surface area contributed by atoms with Gasteiger partial charge >= 0.3 is 12.4 Å². The van der Waals surface area contributed by atoms with Crippen molar-refractivity contribution in [2.24, 2.45) is 0 Å². The van der Waals surface area contributed by atoms with Crippen LogP contribution in [0.1, 0.15) is 11.1 Å². The molecule has 0 aliphatic rings. The van der Waals surface area contributed by atoms with Gasteiger partial charge in [0.1, 0.15) is 11.5 Å². The molecule has 2 rings (SSSR count). The highest BCUT2D eigenvalue weighted by Gasteiger charge is 2.47. The number of halogens is 6. The van der Waals surface area contributed by atoms with Crippen LogP contribution in [0.4, 0.5) is 37.7 Å². The predicted octanol–water partition coefficient (Wildman–Crippen LogP) is 5.22. The molecule has 0 saturated heterocycles. The van der Waals surface area contributed by atoms with Crippen molar-refractivity contribution >= 4 is 22.5 Å². The number of phenols is 2. The van der Waals surface area contributed by atoms with E-state index in [4.69, 9.17) is 0 Å². The van der Waals surface area contributed by atoms with Crippen LogP contribution in [0.5, 0.6) is 11.5 Å². The van der Waals surface area contributed by atoms with E-state index in [2.05, 4.69) is 10.6 Å². The van der Waals surface area contributed by atoms with Gasteiger partial charge in [-0.3, -0.25) is 0 Å². The first-order valence-electron chi connectivity index (χ1n) is 7.81. The van der Waals surface area contributed by atoms with Crippen LogP contribution < -0.4 is 10.6 Å². The van der Waals surface area contributed by atoms with Crippen molar-refractivity contribution in [1.82, 2.24) is 0 Å². The summed E-state index contributed by atoms with van der Waals surface area (Å²) in [4.78, 5) is 0. The van der Waals surface area contributed by atoms with Crippen LogP contribution in [0.15, 0.2) is 36.4 Å². The quantitative estimate of drug-likeness (QED) is 0.320. The summed E-state index contributed by atoms with van der Waals surface area (Å²) in [6.45, 7) is 0. The number of hydrogen-bond donors (Lipinski definition) is 4. The summed E-state index contributed by atoms with van der Waals surface area (Å²) >= 11 is 0. The van der Waals surface area contributed by atoms with Gasteiger partial charge in [0.15, 0.2) is 0 Å². The van der Waals surface area contributed by atoms with Crippen LogP contribution in [0.3, 0.4) is 0 Å². The Bertz CT molecular complexity index is 830. The molecule has 4 N–H and O–H groups in total. The number of allylic oxidation sites excluding steroid dienone is 2. The van der Waals surface area contributed by atoms with E-state index in [1.54, 1.807) is 0 Å². The van der Waals surface area contributed by atoms with Crippen molar-refractivity contribution in [3.63, 3.8) is 0 Å². The zero-order valence-corrected chi connectivity index (χ0v) is 14.6. The predicted molar refractivity (Wildman–Crippen MR) is 94.2 cm³/mol. The van der Waals surface area contributed by atoms with Gasteiger partial charge < -0.3 is 20.8 Å². The van der Waals surface area contributed by atoms with Crippen LogP contribution >= 0.6 is 0 Å². The molecule has 0 heterocycles. The molecular formula is C18H16F6N2O2. The number of rotatable bonds is 4. The number of hydrogen-bond acceptors (Lipinski definition) is 4. The SMILES string of the molecule is CNc1cc(/C(=C(/c2ccc(O)c(NC)c2)C(F)(F)F)C(F)(F)F)ccc1O. The van der Waals surface area contributed by atoms with Gasteiger partial charge in [0, 0.05) is 14.1 Å². The molecule has 0 fully saturated rings. The molecule has 152 valence electrons. The maximum atomic E-state index is 13.8.